The van der Waals surface area contributed by atoms with Gasteiger partial charge < -0.3 is 19.4 Å². The molecule has 0 unspecified atom stereocenters. The first-order chi connectivity index (χ1) is 38.7. The van der Waals surface area contributed by atoms with Gasteiger partial charge in [0, 0.05) is 82.9 Å². The number of hydrogen-bond acceptors (Lipinski definition) is 5. The fraction of sp³-hybridized carbons (Fsp3) is 0. The molecule has 6 heteroatoms. The molecule has 0 saturated carbocycles. The maximum Gasteiger partial charge on any atom is 0.256 e. The van der Waals surface area contributed by atoms with Gasteiger partial charge in [0.05, 0.1) is 5.69 Å². The van der Waals surface area contributed by atoms with Crippen LogP contribution in [0.25, 0.3) is 53.6 Å². The van der Waals surface area contributed by atoms with Gasteiger partial charge in [-0.25, -0.2) is 0 Å². The van der Waals surface area contributed by atoms with E-state index in [0.717, 1.165) is 107 Å². The second kappa shape index (κ2) is 19.1. The summed E-state index contributed by atoms with van der Waals surface area (Å²) in [4.78, 5) is 7.27. The Morgan fingerprint density at radius 1 is 0.321 bits per heavy atom. The quantitative estimate of drug-likeness (QED) is 0.127. The second-order valence-corrected chi connectivity index (χ2v) is 21.1. The van der Waals surface area contributed by atoms with Crippen molar-refractivity contribution >= 4 is 106 Å². The van der Waals surface area contributed by atoms with Gasteiger partial charge in [-0.3, -0.25) is 0 Å². The highest BCUT2D eigenvalue weighted by molar-refractivity contribution is 7.25. The van der Waals surface area contributed by atoms with E-state index in [1.165, 1.54) is 25.6 Å². The maximum absolute atomic E-state index is 7.54. The third-order valence-electron chi connectivity index (χ3n) is 15.5. The normalized spacial score (nSPS) is 12.2. The molecule has 1 aromatic heterocycles. The summed E-state index contributed by atoms with van der Waals surface area (Å²) in [6.07, 6.45) is 0. The van der Waals surface area contributed by atoms with Gasteiger partial charge in [-0.05, 0) is 136 Å². The Labute approximate surface area is 458 Å². The molecule has 0 N–H and O–H groups in total. The number of nitrogens with zero attached hydrogens (tertiary/aromatic N) is 3. The first kappa shape index (κ1) is 45.5. The van der Waals surface area contributed by atoms with E-state index < -0.39 is 0 Å². The lowest BCUT2D eigenvalue weighted by molar-refractivity contribution is 0.488. The minimum Gasteiger partial charge on any atom is -0.458 e. The van der Waals surface area contributed by atoms with Crippen LogP contribution in [0, 0.1) is 0 Å². The summed E-state index contributed by atoms with van der Waals surface area (Å²) in [6, 6.07) is 106. The molecular weight excluding hydrogens is 966 g/mol. The summed E-state index contributed by atoms with van der Waals surface area (Å²) < 4.78 is 10.1. The third-order valence-corrected chi connectivity index (χ3v) is 16.6. The van der Waals surface area contributed by atoms with Gasteiger partial charge in [0.2, 0.25) is 0 Å². The van der Waals surface area contributed by atoms with E-state index in [1.807, 2.05) is 11.3 Å². The van der Waals surface area contributed by atoms with E-state index >= 15 is 0 Å². The Balaban J connectivity index is 1.04. The van der Waals surface area contributed by atoms with Crippen LogP contribution in [0.5, 0.6) is 11.5 Å². The average Bonchev–Trinajstić information content (AvgIpc) is 4.04. The van der Waals surface area contributed by atoms with Crippen molar-refractivity contribution in [1.82, 2.24) is 0 Å². The van der Waals surface area contributed by atoms with E-state index in [9.17, 15) is 0 Å². The molecule has 0 atom stereocenters. The molecule has 15 rings (SSSR count). The fourth-order valence-corrected chi connectivity index (χ4v) is 13.1. The van der Waals surface area contributed by atoms with Gasteiger partial charge in [-0.1, -0.05) is 188 Å². The molecule has 3 heterocycles. The SMILES string of the molecule is c1ccc(-c2cccc(-c3ccccc3)c2N2c3cc(N(c4ccccc4)c4ccccc4)ccc3B3c4ccc(N(c5ccccc5)c5ccccc5)cc4Oc4cc(-c5ccc6sc7ccccc7c6c5)cc2c43)cc1. The van der Waals surface area contributed by atoms with Crippen LogP contribution in [0.3, 0.4) is 0 Å². The van der Waals surface area contributed by atoms with Gasteiger partial charge in [0.15, 0.2) is 0 Å². The average molecular weight is 1010 g/mol. The Bertz CT molecular complexity index is 4230. The van der Waals surface area contributed by atoms with Crippen LogP contribution >= 0.6 is 11.3 Å². The molecule has 4 nitrogen and oxygen atoms in total. The second-order valence-electron chi connectivity index (χ2n) is 20.0. The topological polar surface area (TPSA) is 19.0 Å². The predicted molar refractivity (Wildman–Crippen MR) is 331 cm³/mol. The molecule has 0 bridgehead atoms. The van der Waals surface area contributed by atoms with E-state index in [1.54, 1.807) is 0 Å². The third kappa shape index (κ3) is 7.76. The molecule has 2 aliphatic rings. The minimum absolute atomic E-state index is 0.182. The van der Waals surface area contributed by atoms with Gasteiger partial charge in [0.1, 0.15) is 11.5 Å². The lowest BCUT2D eigenvalue weighted by Crippen LogP contribution is -2.59. The minimum atomic E-state index is -0.182. The standard InChI is InChI=1S/C72H48BN3OS/c1-7-22-49(23-8-1)59-35-21-36-60(50-24-9-2-10-25-50)72(59)76-65-47-57(74(53-26-11-3-12-27-53)54-28-13-4-14-29-54)39-41-63(65)73-64-42-40-58(75(55-30-15-5-16-31-55)56-32-17-6-18-33-56)48-67(64)77-68-46-52(45-66(76)71(68)73)51-38-43-70-62(44-51)61-34-19-20-37-69(61)78-70/h1-48H. The molecule has 12 aromatic carbocycles. The Hall–Kier alpha value is -9.88. The van der Waals surface area contributed by atoms with Crippen molar-refractivity contribution in [2.45, 2.75) is 0 Å². The van der Waals surface area contributed by atoms with Gasteiger partial charge in [0.25, 0.3) is 6.71 Å². The number of rotatable bonds is 10. The molecule has 0 radical (unpaired) electrons. The zero-order chi connectivity index (χ0) is 51.5. The van der Waals surface area contributed by atoms with E-state index in [4.69, 9.17) is 4.74 Å². The lowest BCUT2D eigenvalue weighted by Gasteiger charge is -2.42. The zero-order valence-corrected chi connectivity index (χ0v) is 43.3. The molecule has 366 valence electrons. The van der Waals surface area contributed by atoms with Gasteiger partial charge in [-0.15, -0.1) is 11.3 Å². The van der Waals surface area contributed by atoms with Crippen LogP contribution in [0.2, 0.25) is 0 Å². The first-order valence-electron chi connectivity index (χ1n) is 26.6. The van der Waals surface area contributed by atoms with Crippen molar-refractivity contribution in [3.05, 3.63) is 291 Å². The summed E-state index contributed by atoms with van der Waals surface area (Å²) in [5.41, 5.74) is 19.8. The van der Waals surface area contributed by atoms with Crippen LogP contribution < -0.4 is 35.8 Å². The Morgan fingerprint density at radius 2 is 0.821 bits per heavy atom. The monoisotopic (exact) mass is 1010 g/mol. The number of benzene rings is 12. The van der Waals surface area contributed by atoms with Crippen molar-refractivity contribution < 1.29 is 4.74 Å². The maximum atomic E-state index is 7.54. The van der Waals surface area contributed by atoms with Crippen molar-refractivity contribution in [2.24, 2.45) is 0 Å². The summed E-state index contributed by atoms with van der Waals surface area (Å²) in [7, 11) is 0. The number of thiophene rings is 1. The lowest BCUT2D eigenvalue weighted by atomic mass is 9.34. The van der Waals surface area contributed by atoms with Crippen LogP contribution in [0.15, 0.2) is 291 Å². The predicted octanol–water partition coefficient (Wildman–Crippen LogP) is 18.4. The van der Waals surface area contributed by atoms with Crippen LogP contribution in [0.4, 0.5) is 51.2 Å². The molecule has 13 aromatic rings. The highest BCUT2D eigenvalue weighted by Crippen LogP contribution is 2.52. The summed E-state index contributed by atoms with van der Waals surface area (Å²) >= 11 is 1.85. The number of fused-ring (bicyclic) bond motifs is 7. The van der Waals surface area contributed by atoms with E-state index in [2.05, 4.69) is 306 Å². The molecule has 78 heavy (non-hydrogen) atoms. The molecule has 0 fully saturated rings. The summed E-state index contributed by atoms with van der Waals surface area (Å²) in [5, 5.41) is 2.52. The smallest absolute Gasteiger partial charge is 0.256 e. The number of para-hydroxylation sites is 5. The van der Waals surface area contributed by atoms with Crippen LogP contribution in [0.1, 0.15) is 0 Å². The molecule has 2 aliphatic heterocycles. The molecule has 0 aliphatic carbocycles. The summed E-state index contributed by atoms with van der Waals surface area (Å²) in [6.45, 7) is -0.182. The molecule has 0 saturated heterocycles. The Morgan fingerprint density at radius 3 is 1.40 bits per heavy atom. The highest BCUT2D eigenvalue weighted by atomic mass is 32.1. The number of anilines is 9. The molecule has 0 amide bonds. The van der Waals surface area contributed by atoms with Crippen molar-refractivity contribution in [3.63, 3.8) is 0 Å². The molecular formula is C72H48BN3OS. The number of ether oxygens (including phenoxy) is 1. The van der Waals surface area contributed by atoms with Gasteiger partial charge >= 0.3 is 0 Å². The Kier molecular flexibility index (Phi) is 11.1. The van der Waals surface area contributed by atoms with Gasteiger partial charge in [-0.2, -0.15) is 0 Å². The zero-order valence-electron chi connectivity index (χ0n) is 42.4. The first-order valence-corrected chi connectivity index (χ1v) is 27.4. The van der Waals surface area contributed by atoms with Crippen LogP contribution in [-0.2, 0) is 0 Å². The number of hydrogen-bond donors (Lipinski definition) is 0. The van der Waals surface area contributed by atoms with Crippen molar-refractivity contribution in [2.75, 3.05) is 14.7 Å². The summed E-state index contributed by atoms with van der Waals surface area (Å²) in [5.74, 6) is 1.67. The fourth-order valence-electron chi connectivity index (χ4n) is 12.0. The van der Waals surface area contributed by atoms with E-state index in [-0.39, 0.29) is 6.71 Å². The van der Waals surface area contributed by atoms with Crippen molar-refractivity contribution in [3.8, 4) is 44.9 Å². The van der Waals surface area contributed by atoms with Crippen molar-refractivity contribution in [1.29, 1.82) is 0 Å². The highest BCUT2D eigenvalue weighted by Gasteiger charge is 2.44. The van der Waals surface area contributed by atoms with Crippen LogP contribution in [-0.4, -0.2) is 6.71 Å². The van der Waals surface area contributed by atoms with E-state index in [0.29, 0.717) is 0 Å². The largest absolute Gasteiger partial charge is 0.458 e. The molecule has 0 spiro atoms.